The number of rotatable bonds is 11. The molecule has 0 spiro atoms. The molecule has 0 radical (unpaired) electrons. The predicted molar refractivity (Wildman–Crippen MR) is 87.9 cm³/mol. The number of thiazole rings is 1. The summed E-state index contributed by atoms with van der Waals surface area (Å²) in [5.74, 6) is 0. The average molecular weight is 299 g/mol. The summed E-state index contributed by atoms with van der Waals surface area (Å²) >= 11 is 1.82. The van der Waals surface area contributed by atoms with Crippen LogP contribution >= 0.6 is 11.3 Å². The van der Waals surface area contributed by atoms with E-state index in [1.165, 1.54) is 17.0 Å². The SMILES string of the molecule is CCCNCc1sc(N(CC)CCOCC)nc1CC. The highest BCUT2D eigenvalue weighted by atomic mass is 32.1. The second kappa shape index (κ2) is 10.1. The zero-order valence-electron chi connectivity index (χ0n) is 13.4. The number of anilines is 1. The second-order valence-corrected chi connectivity index (χ2v) is 5.74. The van der Waals surface area contributed by atoms with Crippen LogP contribution in [-0.4, -0.2) is 37.8 Å². The normalized spacial score (nSPS) is 11.0. The Labute approximate surface area is 127 Å². The van der Waals surface area contributed by atoms with Gasteiger partial charge in [-0.3, -0.25) is 0 Å². The van der Waals surface area contributed by atoms with Crippen molar-refractivity contribution in [1.82, 2.24) is 10.3 Å². The summed E-state index contributed by atoms with van der Waals surface area (Å²) in [7, 11) is 0. The Morgan fingerprint density at radius 1 is 1.25 bits per heavy atom. The lowest BCUT2D eigenvalue weighted by atomic mass is 10.3. The number of hydrogen-bond acceptors (Lipinski definition) is 5. The predicted octanol–water partition coefficient (Wildman–Crippen LogP) is 3.07. The second-order valence-electron chi connectivity index (χ2n) is 4.67. The molecule has 0 fully saturated rings. The third kappa shape index (κ3) is 5.38. The van der Waals surface area contributed by atoms with Gasteiger partial charge in [0.15, 0.2) is 5.13 Å². The van der Waals surface area contributed by atoms with Crippen molar-refractivity contribution in [2.45, 2.75) is 47.1 Å². The Bertz CT molecular complexity index is 368. The lowest BCUT2D eigenvalue weighted by Gasteiger charge is -2.19. The molecule has 0 aromatic carbocycles. The molecule has 0 amide bonds. The molecule has 5 heteroatoms. The molecule has 1 aromatic heterocycles. The number of aryl methyl sites for hydroxylation is 1. The van der Waals surface area contributed by atoms with E-state index in [0.717, 1.165) is 50.9 Å². The molecule has 0 bridgehead atoms. The third-order valence-corrected chi connectivity index (χ3v) is 4.33. The minimum Gasteiger partial charge on any atom is -0.380 e. The summed E-state index contributed by atoms with van der Waals surface area (Å²) in [6, 6.07) is 0. The van der Waals surface area contributed by atoms with Crippen LogP contribution in [0.5, 0.6) is 0 Å². The number of nitrogens with zero attached hydrogens (tertiary/aromatic N) is 2. The van der Waals surface area contributed by atoms with Gasteiger partial charge in [0.05, 0.1) is 12.3 Å². The molecule has 1 rings (SSSR count). The molecule has 0 saturated heterocycles. The van der Waals surface area contributed by atoms with E-state index in [1.54, 1.807) is 0 Å². The minimum atomic E-state index is 0.773. The maximum absolute atomic E-state index is 5.45. The van der Waals surface area contributed by atoms with Crippen molar-refractivity contribution in [2.75, 3.05) is 37.7 Å². The number of hydrogen-bond donors (Lipinski definition) is 1. The molecule has 4 nitrogen and oxygen atoms in total. The van der Waals surface area contributed by atoms with Crippen LogP contribution in [0.1, 0.15) is 44.7 Å². The molecule has 0 aliphatic rings. The summed E-state index contributed by atoms with van der Waals surface area (Å²) in [5, 5.41) is 4.61. The highest BCUT2D eigenvalue weighted by Gasteiger charge is 2.14. The maximum atomic E-state index is 5.45. The Kier molecular flexibility index (Phi) is 8.82. The molecule has 1 heterocycles. The summed E-state index contributed by atoms with van der Waals surface area (Å²) in [6.45, 7) is 14.0. The van der Waals surface area contributed by atoms with E-state index >= 15 is 0 Å². The molecule has 0 aliphatic heterocycles. The van der Waals surface area contributed by atoms with Gasteiger partial charge in [-0.15, -0.1) is 11.3 Å². The van der Waals surface area contributed by atoms with Gasteiger partial charge in [-0.1, -0.05) is 13.8 Å². The number of nitrogens with one attached hydrogen (secondary N) is 1. The van der Waals surface area contributed by atoms with Crippen LogP contribution in [0.25, 0.3) is 0 Å². The molecule has 0 atom stereocenters. The van der Waals surface area contributed by atoms with Crippen LogP contribution in [-0.2, 0) is 17.7 Å². The van der Waals surface area contributed by atoms with Gasteiger partial charge in [0.25, 0.3) is 0 Å². The molecular weight excluding hydrogens is 270 g/mol. The van der Waals surface area contributed by atoms with Gasteiger partial charge in [0.2, 0.25) is 0 Å². The van der Waals surface area contributed by atoms with E-state index in [1.807, 2.05) is 18.3 Å². The van der Waals surface area contributed by atoms with Crippen molar-refractivity contribution < 1.29 is 4.74 Å². The van der Waals surface area contributed by atoms with Gasteiger partial charge in [-0.2, -0.15) is 0 Å². The molecule has 0 saturated carbocycles. The van der Waals surface area contributed by atoms with E-state index in [9.17, 15) is 0 Å². The Morgan fingerprint density at radius 3 is 2.65 bits per heavy atom. The van der Waals surface area contributed by atoms with Gasteiger partial charge < -0.3 is 15.0 Å². The standard InChI is InChI=1S/C15H29N3OS/c1-5-9-16-12-14-13(6-2)17-15(20-14)18(7-3)10-11-19-8-4/h16H,5-12H2,1-4H3. The first-order valence-electron chi connectivity index (χ1n) is 7.78. The minimum absolute atomic E-state index is 0.773. The van der Waals surface area contributed by atoms with Crippen LogP contribution in [0, 0.1) is 0 Å². The van der Waals surface area contributed by atoms with Crippen LogP contribution < -0.4 is 10.2 Å². The molecule has 1 aromatic rings. The fourth-order valence-corrected chi connectivity index (χ4v) is 3.21. The summed E-state index contributed by atoms with van der Waals surface area (Å²) in [6.07, 6.45) is 2.17. The van der Waals surface area contributed by atoms with Gasteiger partial charge in [0.1, 0.15) is 0 Å². The smallest absolute Gasteiger partial charge is 0.185 e. The zero-order valence-corrected chi connectivity index (χ0v) is 14.2. The number of aromatic nitrogens is 1. The van der Waals surface area contributed by atoms with Crippen LogP contribution in [0.4, 0.5) is 5.13 Å². The first-order valence-corrected chi connectivity index (χ1v) is 8.60. The van der Waals surface area contributed by atoms with Crippen LogP contribution in [0.3, 0.4) is 0 Å². The topological polar surface area (TPSA) is 37.4 Å². The Morgan fingerprint density at radius 2 is 2.05 bits per heavy atom. The van der Waals surface area contributed by atoms with Crippen LogP contribution in [0.15, 0.2) is 0 Å². The van der Waals surface area contributed by atoms with E-state index in [4.69, 9.17) is 9.72 Å². The van der Waals surface area contributed by atoms with Crippen LogP contribution in [0.2, 0.25) is 0 Å². The Hall–Kier alpha value is -0.650. The van der Waals surface area contributed by atoms with Crippen molar-refractivity contribution in [2.24, 2.45) is 0 Å². The van der Waals surface area contributed by atoms with Crippen molar-refractivity contribution in [3.05, 3.63) is 10.6 Å². The molecule has 20 heavy (non-hydrogen) atoms. The van der Waals surface area contributed by atoms with Gasteiger partial charge in [-0.05, 0) is 33.2 Å². The third-order valence-electron chi connectivity index (χ3n) is 3.18. The van der Waals surface area contributed by atoms with Crippen molar-refractivity contribution >= 4 is 16.5 Å². The van der Waals surface area contributed by atoms with Gasteiger partial charge in [0, 0.05) is 31.1 Å². The van der Waals surface area contributed by atoms with E-state index in [0.29, 0.717) is 0 Å². The fraction of sp³-hybridized carbons (Fsp3) is 0.800. The first-order chi connectivity index (χ1) is 9.76. The largest absolute Gasteiger partial charge is 0.380 e. The molecule has 1 N–H and O–H groups in total. The molecule has 0 unspecified atom stereocenters. The number of likely N-dealkylation sites (N-methyl/N-ethyl adjacent to an activating group) is 1. The summed E-state index contributed by atoms with van der Waals surface area (Å²) in [4.78, 5) is 8.49. The highest BCUT2D eigenvalue weighted by Crippen LogP contribution is 2.26. The monoisotopic (exact) mass is 299 g/mol. The highest BCUT2D eigenvalue weighted by molar-refractivity contribution is 7.15. The molecular formula is C15H29N3OS. The summed E-state index contributed by atoms with van der Waals surface area (Å²) < 4.78 is 5.45. The van der Waals surface area contributed by atoms with Gasteiger partial charge >= 0.3 is 0 Å². The maximum Gasteiger partial charge on any atom is 0.185 e. The zero-order chi connectivity index (χ0) is 14.8. The Balaban J connectivity index is 2.67. The van der Waals surface area contributed by atoms with E-state index in [-0.39, 0.29) is 0 Å². The van der Waals surface area contributed by atoms with E-state index < -0.39 is 0 Å². The molecule has 116 valence electrons. The summed E-state index contributed by atoms with van der Waals surface area (Å²) in [5.41, 5.74) is 1.24. The van der Waals surface area contributed by atoms with Crippen molar-refractivity contribution in [3.8, 4) is 0 Å². The van der Waals surface area contributed by atoms with Crippen molar-refractivity contribution in [3.63, 3.8) is 0 Å². The molecule has 0 aliphatic carbocycles. The number of ether oxygens (including phenoxy) is 1. The van der Waals surface area contributed by atoms with Crippen molar-refractivity contribution in [1.29, 1.82) is 0 Å². The first kappa shape index (κ1) is 17.4. The average Bonchev–Trinajstić information content (AvgIpc) is 2.87. The fourth-order valence-electron chi connectivity index (χ4n) is 2.01. The lowest BCUT2D eigenvalue weighted by molar-refractivity contribution is 0.154. The van der Waals surface area contributed by atoms with Gasteiger partial charge in [-0.25, -0.2) is 4.98 Å². The lowest BCUT2D eigenvalue weighted by Crippen LogP contribution is -2.27. The van der Waals surface area contributed by atoms with E-state index in [2.05, 4.69) is 31.0 Å². The quantitative estimate of drug-likeness (QED) is 0.637.